The maximum absolute atomic E-state index is 6.16. The third-order valence-corrected chi connectivity index (χ3v) is 5.55. The molecule has 2 heteroatoms. The van der Waals surface area contributed by atoms with E-state index in [1.807, 2.05) is 0 Å². The van der Waals surface area contributed by atoms with Gasteiger partial charge in [0.05, 0.1) is 0 Å². The van der Waals surface area contributed by atoms with Crippen molar-refractivity contribution in [1.82, 2.24) is 4.90 Å². The van der Waals surface area contributed by atoms with Crippen molar-refractivity contribution in [1.29, 1.82) is 0 Å². The summed E-state index contributed by atoms with van der Waals surface area (Å²) in [6, 6.07) is 10.6. The first kappa shape index (κ1) is 25.9. The lowest BCUT2D eigenvalue weighted by Gasteiger charge is -2.29. The van der Waals surface area contributed by atoms with Crippen molar-refractivity contribution >= 4 is 6.08 Å². The third-order valence-electron chi connectivity index (χ3n) is 5.55. The molecule has 0 N–H and O–H groups in total. The molecule has 0 aliphatic carbocycles. The highest BCUT2D eigenvalue weighted by molar-refractivity contribution is 5.49. The number of hydrogen-bond donors (Lipinski definition) is 0. The molecule has 0 heterocycles. The minimum atomic E-state index is 0.0893. The fourth-order valence-corrected chi connectivity index (χ4v) is 3.77. The van der Waals surface area contributed by atoms with Crippen LogP contribution in [0.5, 0.6) is 0 Å². The molecule has 0 aliphatic rings. The molecule has 0 saturated heterocycles. The van der Waals surface area contributed by atoms with Gasteiger partial charge in [-0.3, -0.25) is 4.90 Å². The average Bonchev–Trinajstić information content (AvgIpc) is 2.75. The van der Waals surface area contributed by atoms with E-state index in [1.54, 1.807) is 0 Å². The smallest absolute Gasteiger partial charge is 0.130 e. The summed E-state index contributed by atoms with van der Waals surface area (Å²) in [5, 5.41) is 0. The van der Waals surface area contributed by atoms with Crippen LogP contribution in [0.15, 0.2) is 36.4 Å². The number of nitrogens with zero attached hydrogens (tertiary/aromatic N) is 1. The van der Waals surface area contributed by atoms with E-state index in [1.165, 1.54) is 82.6 Å². The summed E-state index contributed by atoms with van der Waals surface area (Å²) in [5.41, 5.74) is 1.25. The molecule has 1 aromatic carbocycles. The molecular formula is C27H47NO. The van der Waals surface area contributed by atoms with Gasteiger partial charge >= 0.3 is 0 Å². The fraction of sp³-hybridized carbons (Fsp3) is 0.704. The first-order valence-corrected chi connectivity index (χ1v) is 12.4. The average molecular weight is 402 g/mol. The standard InChI is InChI=1S/C27H47NO/c1-4-7-9-11-13-18-24-28(25-19-14-12-10-8-5-2)27(29-6-3)23-22-26-20-16-15-17-21-26/h15-17,20-23,27H,4-14,18-19,24-25H2,1-3H3. The summed E-state index contributed by atoms with van der Waals surface area (Å²) in [5.74, 6) is 0. The van der Waals surface area contributed by atoms with Crippen molar-refractivity contribution in [3.8, 4) is 0 Å². The van der Waals surface area contributed by atoms with Crippen LogP contribution in [0, 0.1) is 0 Å². The predicted molar refractivity (Wildman–Crippen MR) is 129 cm³/mol. The summed E-state index contributed by atoms with van der Waals surface area (Å²) in [7, 11) is 0. The van der Waals surface area contributed by atoms with Gasteiger partial charge in [0.15, 0.2) is 0 Å². The maximum atomic E-state index is 6.16. The molecule has 0 aromatic heterocycles. The van der Waals surface area contributed by atoms with Crippen molar-refractivity contribution in [2.45, 2.75) is 104 Å². The molecule has 0 bridgehead atoms. The van der Waals surface area contributed by atoms with Crippen LogP contribution in [0.1, 0.15) is 103 Å². The Morgan fingerprint density at radius 2 is 1.24 bits per heavy atom. The zero-order chi connectivity index (χ0) is 21.0. The number of ether oxygens (including phenoxy) is 1. The number of rotatable bonds is 19. The molecule has 1 rings (SSSR count). The van der Waals surface area contributed by atoms with Crippen molar-refractivity contribution in [3.63, 3.8) is 0 Å². The van der Waals surface area contributed by atoms with E-state index >= 15 is 0 Å². The molecular weight excluding hydrogens is 354 g/mol. The van der Waals surface area contributed by atoms with Gasteiger partial charge < -0.3 is 4.74 Å². The highest BCUT2D eigenvalue weighted by Gasteiger charge is 2.15. The van der Waals surface area contributed by atoms with E-state index in [2.05, 4.69) is 68.2 Å². The second kappa shape index (κ2) is 18.9. The van der Waals surface area contributed by atoms with Crippen molar-refractivity contribution < 1.29 is 4.74 Å². The number of hydrogen-bond acceptors (Lipinski definition) is 2. The molecule has 0 amide bonds. The van der Waals surface area contributed by atoms with Gasteiger partial charge in [-0.1, -0.05) is 114 Å². The molecule has 0 spiro atoms. The van der Waals surface area contributed by atoms with Crippen LogP contribution in [0.25, 0.3) is 6.08 Å². The molecule has 2 nitrogen and oxygen atoms in total. The van der Waals surface area contributed by atoms with E-state index in [9.17, 15) is 0 Å². The molecule has 1 aromatic rings. The van der Waals surface area contributed by atoms with Crippen molar-refractivity contribution in [3.05, 3.63) is 42.0 Å². The molecule has 0 fully saturated rings. The fourth-order valence-electron chi connectivity index (χ4n) is 3.77. The maximum Gasteiger partial charge on any atom is 0.130 e. The van der Waals surface area contributed by atoms with Crippen LogP contribution < -0.4 is 0 Å². The van der Waals surface area contributed by atoms with Crippen LogP contribution >= 0.6 is 0 Å². The van der Waals surface area contributed by atoms with Gasteiger partial charge in [0.1, 0.15) is 6.23 Å². The number of benzene rings is 1. The summed E-state index contributed by atoms with van der Waals surface area (Å²) < 4.78 is 6.16. The van der Waals surface area contributed by atoms with Crippen molar-refractivity contribution in [2.24, 2.45) is 0 Å². The highest BCUT2D eigenvalue weighted by atomic mass is 16.5. The van der Waals surface area contributed by atoms with Gasteiger partial charge in [-0.15, -0.1) is 0 Å². The van der Waals surface area contributed by atoms with Crippen molar-refractivity contribution in [2.75, 3.05) is 19.7 Å². The van der Waals surface area contributed by atoms with Gasteiger partial charge in [0, 0.05) is 19.7 Å². The minimum absolute atomic E-state index is 0.0893. The zero-order valence-corrected chi connectivity index (χ0v) is 19.6. The third kappa shape index (κ3) is 13.7. The zero-order valence-electron chi connectivity index (χ0n) is 19.6. The Balaban J connectivity index is 2.58. The molecule has 29 heavy (non-hydrogen) atoms. The number of unbranched alkanes of at least 4 members (excludes halogenated alkanes) is 10. The SMILES string of the molecule is CCCCCCCCN(CCCCCCCC)C(C=Cc1ccccc1)OCC. The van der Waals surface area contributed by atoms with E-state index in [-0.39, 0.29) is 6.23 Å². The van der Waals surface area contributed by atoms with Gasteiger partial charge in [-0.05, 0) is 31.4 Å². The highest BCUT2D eigenvalue weighted by Crippen LogP contribution is 2.14. The van der Waals surface area contributed by atoms with Crippen LogP contribution in [0.2, 0.25) is 0 Å². The Morgan fingerprint density at radius 1 is 0.724 bits per heavy atom. The Bertz CT molecular complexity index is 469. The lowest BCUT2D eigenvalue weighted by Crippen LogP contribution is -2.37. The van der Waals surface area contributed by atoms with E-state index < -0.39 is 0 Å². The van der Waals surface area contributed by atoms with E-state index in [0.29, 0.717) is 0 Å². The Kier molecular flexibility index (Phi) is 16.9. The Hall–Kier alpha value is -1.12. The van der Waals surface area contributed by atoms with E-state index in [4.69, 9.17) is 4.74 Å². The topological polar surface area (TPSA) is 12.5 Å². The van der Waals surface area contributed by atoms with Crippen LogP contribution in [0.3, 0.4) is 0 Å². The largest absolute Gasteiger partial charge is 0.360 e. The molecule has 0 radical (unpaired) electrons. The summed E-state index contributed by atoms with van der Waals surface area (Å²) >= 11 is 0. The Labute approximate surface area is 181 Å². The molecule has 166 valence electrons. The second-order valence-electron chi connectivity index (χ2n) is 8.19. The normalized spacial score (nSPS) is 12.8. The Morgan fingerprint density at radius 3 is 1.76 bits per heavy atom. The first-order valence-electron chi connectivity index (χ1n) is 12.4. The summed E-state index contributed by atoms with van der Waals surface area (Å²) in [4.78, 5) is 2.57. The monoisotopic (exact) mass is 401 g/mol. The summed E-state index contributed by atoms with van der Waals surface area (Å²) in [6.07, 6.45) is 20.7. The van der Waals surface area contributed by atoms with Gasteiger partial charge in [0.2, 0.25) is 0 Å². The van der Waals surface area contributed by atoms with E-state index in [0.717, 1.165) is 19.7 Å². The lowest BCUT2D eigenvalue weighted by atomic mass is 10.1. The van der Waals surface area contributed by atoms with Gasteiger partial charge in [-0.25, -0.2) is 0 Å². The first-order chi connectivity index (χ1) is 14.3. The molecule has 1 unspecified atom stereocenters. The summed E-state index contributed by atoms with van der Waals surface area (Å²) in [6.45, 7) is 9.72. The molecule has 0 aliphatic heterocycles. The quantitative estimate of drug-likeness (QED) is 0.171. The second-order valence-corrected chi connectivity index (χ2v) is 8.19. The molecule has 0 saturated carbocycles. The van der Waals surface area contributed by atoms with Crippen LogP contribution in [0.4, 0.5) is 0 Å². The predicted octanol–water partition coefficient (Wildman–Crippen LogP) is 8.09. The minimum Gasteiger partial charge on any atom is -0.360 e. The van der Waals surface area contributed by atoms with Gasteiger partial charge in [0.25, 0.3) is 0 Å². The van der Waals surface area contributed by atoms with Crippen LogP contribution in [-0.4, -0.2) is 30.8 Å². The van der Waals surface area contributed by atoms with Gasteiger partial charge in [-0.2, -0.15) is 0 Å². The lowest BCUT2D eigenvalue weighted by molar-refractivity contribution is -0.0233. The van der Waals surface area contributed by atoms with Crippen LogP contribution in [-0.2, 0) is 4.74 Å². The molecule has 1 atom stereocenters.